The number of piperidine rings is 1. The number of methoxy groups -OCH3 is 2. The number of hydrogen-bond donors (Lipinski definition) is 1. The minimum absolute atomic E-state index is 0.0402. The van der Waals surface area contributed by atoms with Crippen LogP contribution in [0.5, 0.6) is 5.75 Å². The molecule has 4 aliphatic rings. The van der Waals surface area contributed by atoms with E-state index in [0.717, 1.165) is 55.2 Å². The minimum atomic E-state index is -4.53. The number of aliphatic carboxylic acids is 1. The summed E-state index contributed by atoms with van der Waals surface area (Å²) < 4.78 is 52.9. The van der Waals surface area contributed by atoms with Gasteiger partial charge in [-0.1, -0.05) is 18.2 Å². The molecule has 50 heavy (non-hydrogen) atoms. The van der Waals surface area contributed by atoms with E-state index in [1.54, 1.807) is 20.3 Å². The number of carboxylic acid groups (broad SMARTS) is 1. The zero-order valence-electron chi connectivity index (χ0n) is 28.8. The second-order valence-electron chi connectivity index (χ2n) is 14.5. The number of nitrogens with zero attached hydrogens (tertiary/aromatic N) is 4. The van der Waals surface area contributed by atoms with Crippen LogP contribution in [0.3, 0.4) is 0 Å². The van der Waals surface area contributed by atoms with Crippen molar-refractivity contribution in [3.05, 3.63) is 59.2 Å². The number of amides is 1. The van der Waals surface area contributed by atoms with Gasteiger partial charge in [-0.25, -0.2) is 0 Å². The molecule has 4 fully saturated rings. The van der Waals surface area contributed by atoms with Gasteiger partial charge in [0.1, 0.15) is 5.75 Å². The summed E-state index contributed by atoms with van der Waals surface area (Å²) in [5.74, 6) is -1.27. The summed E-state index contributed by atoms with van der Waals surface area (Å²) in [6, 6.07) is 14.5. The molecule has 3 heterocycles. The number of likely N-dealkylation sites (tertiary alicyclic amines) is 2. The van der Waals surface area contributed by atoms with Gasteiger partial charge >= 0.3 is 12.1 Å². The number of alkyl halides is 3. The molecule has 1 amide bonds. The number of carbonyl (C=O) groups excluding carboxylic acids is 1. The zero-order valence-corrected chi connectivity index (χ0v) is 28.8. The highest BCUT2D eigenvalue weighted by Crippen LogP contribution is 2.44. The molecule has 2 aromatic carbocycles. The van der Waals surface area contributed by atoms with Crippen LogP contribution in [-0.4, -0.2) is 92.9 Å². The van der Waals surface area contributed by atoms with Crippen molar-refractivity contribution in [1.82, 2.24) is 9.80 Å². The van der Waals surface area contributed by atoms with Crippen LogP contribution >= 0.6 is 0 Å². The van der Waals surface area contributed by atoms with Crippen molar-refractivity contribution in [3.63, 3.8) is 0 Å². The van der Waals surface area contributed by atoms with Gasteiger partial charge in [-0.05, 0) is 73.9 Å². The maximum absolute atomic E-state index is 14.7. The standard InChI is InChI=1S/C38H47F3N4O5/c1-49-23-27-19-45(21-33(27)31-12-7-28(38(39,40)41)17-35(31)43-15-13-26(14-16-43)37(47)48)36(46)34-22-44(29-8-3-24(18-42)4-9-29)20-32(34)25-5-10-30(50-2)11-6-25/h5-7,10-12,17,24,26-27,29,32-34H,3-4,8-9,13-16,19-23H2,1-2H3,(H,47,48)/t24-,27-,29-,32+,33+,34-/m1/s1. The number of carboxylic acids is 1. The van der Waals surface area contributed by atoms with Gasteiger partial charge in [-0.15, -0.1) is 0 Å². The van der Waals surface area contributed by atoms with E-state index in [2.05, 4.69) is 11.0 Å². The van der Waals surface area contributed by atoms with Crippen LogP contribution in [0.4, 0.5) is 18.9 Å². The van der Waals surface area contributed by atoms with Crippen LogP contribution in [0.15, 0.2) is 42.5 Å². The molecule has 1 N–H and O–H groups in total. The van der Waals surface area contributed by atoms with Crippen molar-refractivity contribution in [2.24, 2.45) is 23.7 Å². The van der Waals surface area contributed by atoms with Crippen molar-refractivity contribution in [3.8, 4) is 11.8 Å². The largest absolute Gasteiger partial charge is 0.497 e. The van der Waals surface area contributed by atoms with Crippen molar-refractivity contribution >= 4 is 17.6 Å². The highest BCUT2D eigenvalue weighted by atomic mass is 19.4. The highest BCUT2D eigenvalue weighted by molar-refractivity contribution is 5.81. The van der Waals surface area contributed by atoms with Gasteiger partial charge in [-0.3, -0.25) is 14.5 Å². The number of nitriles is 1. The molecular formula is C38H47F3N4O5. The summed E-state index contributed by atoms with van der Waals surface area (Å²) in [6.07, 6.45) is -0.253. The third-order valence-corrected chi connectivity index (χ3v) is 11.7. The van der Waals surface area contributed by atoms with Crippen molar-refractivity contribution in [1.29, 1.82) is 5.26 Å². The van der Waals surface area contributed by atoms with Gasteiger partial charge in [0.15, 0.2) is 0 Å². The van der Waals surface area contributed by atoms with Crippen molar-refractivity contribution in [2.45, 2.75) is 62.6 Å². The molecule has 4 atom stereocenters. The summed E-state index contributed by atoms with van der Waals surface area (Å²) in [5, 5.41) is 19.0. The van der Waals surface area contributed by atoms with Crippen molar-refractivity contribution < 1.29 is 37.3 Å². The smallest absolute Gasteiger partial charge is 0.416 e. The zero-order chi connectivity index (χ0) is 35.6. The Morgan fingerprint density at radius 1 is 0.920 bits per heavy atom. The Morgan fingerprint density at radius 2 is 1.62 bits per heavy atom. The Labute approximate surface area is 291 Å². The van der Waals surface area contributed by atoms with Gasteiger partial charge in [-0.2, -0.15) is 18.4 Å². The van der Waals surface area contributed by atoms with Gasteiger partial charge in [0.05, 0.1) is 37.2 Å². The third kappa shape index (κ3) is 7.59. The van der Waals surface area contributed by atoms with Crippen molar-refractivity contribution in [2.75, 3.05) is 65.0 Å². The number of benzene rings is 2. The summed E-state index contributed by atoms with van der Waals surface area (Å²) in [7, 11) is 3.22. The molecule has 1 aliphatic carbocycles. The molecule has 0 bridgehead atoms. The number of anilines is 1. The number of hydrogen-bond acceptors (Lipinski definition) is 7. The summed E-state index contributed by atoms with van der Waals surface area (Å²) in [5.41, 5.74) is 1.51. The lowest BCUT2D eigenvalue weighted by atomic mass is 9.86. The van der Waals surface area contributed by atoms with Crippen LogP contribution in [0.2, 0.25) is 0 Å². The van der Waals surface area contributed by atoms with Gasteiger partial charge in [0, 0.05) is 81.8 Å². The van der Waals surface area contributed by atoms with E-state index in [-0.39, 0.29) is 35.5 Å². The first-order valence-corrected chi connectivity index (χ1v) is 17.7. The third-order valence-electron chi connectivity index (χ3n) is 11.7. The van der Waals surface area contributed by atoms with E-state index < -0.39 is 23.6 Å². The highest BCUT2D eigenvalue weighted by Gasteiger charge is 2.47. The van der Waals surface area contributed by atoms with E-state index in [4.69, 9.17) is 9.47 Å². The lowest BCUT2D eigenvalue weighted by Gasteiger charge is -2.35. The fourth-order valence-corrected chi connectivity index (χ4v) is 8.84. The molecule has 6 rings (SSSR count). The first kappa shape index (κ1) is 36.0. The number of halogens is 3. The first-order valence-electron chi connectivity index (χ1n) is 17.7. The second-order valence-corrected chi connectivity index (χ2v) is 14.5. The monoisotopic (exact) mass is 696 g/mol. The average molecular weight is 697 g/mol. The topological polar surface area (TPSA) is 106 Å². The summed E-state index contributed by atoms with van der Waals surface area (Å²) in [4.78, 5) is 32.5. The predicted octanol–water partition coefficient (Wildman–Crippen LogP) is 6.00. The molecule has 1 saturated carbocycles. The average Bonchev–Trinajstić information content (AvgIpc) is 3.76. The normalized spacial score (nSPS) is 28.1. The molecule has 3 saturated heterocycles. The molecule has 0 unspecified atom stereocenters. The van der Waals surface area contributed by atoms with Crippen LogP contribution in [0.25, 0.3) is 0 Å². The Balaban J connectivity index is 1.28. The lowest BCUT2D eigenvalue weighted by molar-refractivity contribution is -0.142. The minimum Gasteiger partial charge on any atom is -0.497 e. The summed E-state index contributed by atoms with van der Waals surface area (Å²) >= 11 is 0. The van der Waals surface area contributed by atoms with E-state index in [1.165, 1.54) is 6.07 Å². The Morgan fingerprint density at radius 3 is 2.22 bits per heavy atom. The Bertz CT molecular complexity index is 1550. The molecule has 0 aromatic heterocycles. The second kappa shape index (κ2) is 15.2. The molecule has 3 aliphatic heterocycles. The molecule has 12 heteroatoms. The maximum Gasteiger partial charge on any atom is 0.416 e. The summed E-state index contributed by atoms with van der Waals surface area (Å²) in [6.45, 7) is 3.15. The number of carbonyl (C=O) groups is 2. The Hall–Kier alpha value is -3.82. The number of rotatable bonds is 9. The molecule has 2 aromatic rings. The molecule has 0 radical (unpaired) electrons. The van der Waals surface area contributed by atoms with Gasteiger partial charge < -0.3 is 24.4 Å². The molecule has 270 valence electrons. The van der Waals surface area contributed by atoms with Gasteiger partial charge in [0.25, 0.3) is 0 Å². The van der Waals surface area contributed by atoms with Crippen LogP contribution in [0, 0.1) is 35.0 Å². The van der Waals surface area contributed by atoms with E-state index in [0.29, 0.717) is 63.9 Å². The van der Waals surface area contributed by atoms with Crippen LogP contribution in [0.1, 0.15) is 67.1 Å². The van der Waals surface area contributed by atoms with Gasteiger partial charge in [0.2, 0.25) is 5.91 Å². The maximum atomic E-state index is 14.7. The van der Waals surface area contributed by atoms with E-state index in [9.17, 15) is 33.1 Å². The quantitative estimate of drug-likeness (QED) is 0.341. The predicted molar refractivity (Wildman–Crippen MR) is 181 cm³/mol. The van der Waals surface area contributed by atoms with E-state index >= 15 is 0 Å². The van der Waals surface area contributed by atoms with E-state index in [1.807, 2.05) is 34.1 Å². The SMILES string of the molecule is COC[C@H]1CN(C(=O)[C@@H]2CN([C@H]3CC[C@H](C#N)CC3)C[C@H]2c2ccc(OC)cc2)C[C@@H]1c1ccc(C(F)(F)F)cc1N1CCC(C(=O)O)CC1. The molecule has 9 nitrogen and oxygen atoms in total. The molecule has 0 spiro atoms. The fourth-order valence-electron chi connectivity index (χ4n) is 8.84. The molecular weight excluding hydrogens is 649 g/mol. The lowest BCUT2D eigenvalue weighted by Crippen LogP contribution is -2.40. The fraction of sp³-hybridized carbons (Fsp3) is 0.605. The van der Waals surface area contributed by atoms with Crippen LogP contribution < -0.4 is 9.64 Å². The number of ether oxygens (including phenoxy) is 2. The Kier molecular flexibility index (Phi) is 10.9. The first-order chi connectivity index (χ1) is 24.0. The van der Waals surface area contributed by atoms with Crippen LogP contribution in [-0.2, 0) is 20.5 Å².